The number of hydrogen-bond donors (Lipinski definition) is 0. The number of aromatic nitrogens is 2. The zero-order valence-corrected chi connectivity index (χ0v) is 20.6. The van der Waals surface area contributed by atoms with Crippen molar-refractivity contribution in [3.63, 3.8) is 0 Å². The average Bonchev–Trinajstić information content (AvgIpc) is 3.44. The zero-order valence-electron chi connectivity index (χ0n) is 20.6. The quantitative estimate of drug-likeness (QED) is 0.167. The lowest BCUT2D eigenvalue weighted by Crippen LogP contribution is -2.17. The number of hydrogen-bond acceptors (Lipinski definition) is 4. The Hall–Kier alpha value is -4.92. The number of nitrogens with zero attached hydrogens (tertiary/aromatic N) is 2. The minimum atomic E-state index is -4.80. The van der Waals surface area contributed by atoms with Crippen molar-refractivity contribution < 1.29 is 31.8 Å². The second-order valence-corrected chi connectivity index (χ2v) is 8.11. The molecule has 1 aromatic heterocycles. The van der Waals surface area contributed by atoms with Crippen molar-refractivity contribution >= 4 is 5.78 Å². The van der Waals surface area contributed by atoms with Gasteiger partial charge in [0, 0.05) is 23.0 Å². The van der Waals surface area contributed by atoms with Crippen LogP contribution >= 0.6 is 0 Å². The number of alkyl halides is 3. The molecule has 4 aromatic carbocycles. The summed E-state index contributed by atoms with van der Waals surface area (Å²) in [4.78, 5) is 16.9. The maximum Gasteiger partial charge on any atom is 0.573 e. The van der Waals surface area contributed by atoms with Crippen LogP contribution in [0.2, 0.25) is 0 Å². The van der Waals surface area contributed by atoms with Gasteiger partial charge in [-0.15, -0.1) is 13.2 Å². The van der Waals surface area contributed by atoms with Gasteiger partial charge < -0.3 is 14.0 Å². The summed E-state index contributed by atoms with van der Waals surface area (Å²) < 4.78 is 61.1. The molecule has 0 bridgehead atoms. The van der Waals surface area contributed by atoms with E-state index in [2.05, 4.69) is 9.72 Å². The highest BCUT2D eigenvalue weighted by atomic mass is 19.4. The molecule has 0 radical (unpaired) electrons. The fraction of sp³-hybridized carbons (Fsp3) is 0.0667. The van der Waals surface area contributed by atoms with Crippen LogP contribution in [0.4, 0.5) is 17.6 Å². The van der Waals surface area contributed by atoms with Crippen LogP contribution in [0.5, 0.6) is 11.5 Å². The molecule has 0 fully saturated rings. The molecule has 39 heavy (non-hydrogen) atoms. The standard InChI is InChI=1S/C24H17F3N2O3.C6H5F/c1-31-19-11-9-16(10-12-19)23(30)21-14-29(15-28-21)18-6-4-5-17(13-18)20-7-2-3-8-22(20)32-24(25,26)27;7-6-4-2-1-3-5-6/h2-15H,1H3;1-5H. The minimum absolute atomic E-state index is 0.178. The summed E-state index contributed by atoms with van der Waals surface area (Å²) in [7, 11) is 1.54. The summed E-state index contributed by atoms with van der Waals surface area (Å²) in [6, 6.07) is 27.4. The second-order valence-electron chi connectivity index (χ2n) is 8.11. The predicted molar refractivity (Wildman–Crippen MR) is 139 cm³/mol. The highest BCUT2D eigenvalue weighted by Crippen LogP contribution is 2.34. The van der Waals surface area contributed by atoms with Crippen LogP contribution in [0.3, 0.4) is 0 Å². The van der Waals surface area contributed by atoms with Crippen LogP contribution in [0.25, 0.3) is 16.8 Å². The van der Waals surface area contributed by atoms with Gasteiger partial charge in [-0.1, -0.05) is 48.5 Å². The maximum atomic E-state index is 12.8. The van der Waals surface area contributed by atoms with E-state index in [1.165, 1.54) is 30.6 Å². The molecule has 198 valence electrons. The molecule has 0 saturated heterocycles. The van der Waals surface area contributed by atoms with E-state index in [1.807, 2.05) is 0 Å². The number of rotatable bonds is 6. The first kappa shape index (κ1) is 27.1. The molecule has 0 saturated carbocycles. The molecule has 5 aromatic rings. The van der Waals surface area contributed by atoms with Crippen LogP contribution in [-0.4, -0.2) is 28.8 Å². The minimum Gasteiger partial charge on any atom is -0.497 e. The molecule has 0 spiro atoms. The first-order chi connectivity index (χ1) is 18.7. The van der Waals surface area contributed by atoms with Crippen molar-refractivity contribution in [1.82, 2.24) is 9.55 Å². The molecule has 0 unspecified atom stereocenters. The normalized spacial score (nSPS) is 10.8. The molecule has 0 amide bonds. The van der Waals surface area contributed by atoms with Crippen molar-refractivity contribution in [3.05, 3.63) is 133 Å². The number of carbonyl (C=O) groups is 1. The number of halogens is 4. The lowest BCUT2D eigenvalue weighted by atomic mass is 10.0. The molecule has 0 aliphatic carbocycles. The summed E-state index contributed by atoms with van der Waals surface area (Å²) >= 11 is 0. The third-order valence-corrected chi connectivity index (χ3v) is 5.47. The maximum absolute atomic E-state index is 12.8. The Morgan fingerprint density at radius 1 is 0.846 bits per heavy atom. The predicted octanol–water partition coefficient (Wildman–Crippen LogP) is 7.50. The number of benzene rings is 4. The lowest BCUT2D eigenvalue weighted by molar-refractivity contribution is -0.274. The average molecular weight is 535 g/mol. The van der Waals surface area contributed by atoms with E-state index in [0.717, 1.165) is 0 Å². The first-order valence-electron chi connectivity index (χ1n) is 11.6. The highest BCUT2D eigenvalue weighted by molar-refractivity contribution is 6.07. The molecule has 0 aliphatic heterocycles. The number of carbonyl (C=O) groups excluding carboxylic acids is 1. The van der Waals surface area contributed by atoms with E-state index in [0.29, 0.717) is 28.1 Å². The molecule has 5 nitrogen and oxygen atoms in total. The first-order valence-corrected chi connectivity index (χ1v) is 11.6. The third-order valence-electron chi connectivity index (χ3n) is 5.47. The van der Waals surface area contributed by atoms with Crippen LogP contribution < -0.4 is 9.47 Å². The summed E-state index contributed by atoms with van der Waals surface area (Å²) in [5.41, 5.74) is 2.15. The van der Waals surface area contributed by atoms with Crippen LogP contribution in [0.15, 0.2) is 116 Å². The topological polar surface area (TPSA) is 53.4 Å². The van der Waals surface area contributed by atoms with Gasteiger partial charge in [0.05, 0.1) is 7.11 Å². The largest absolute Gasteiger partial charge is 0.573 e. The SMILES string of the molecule is COc1ccc(C(=O)c2cn(-c3cccc(-c4ccccc4OC(F)(F)F)c3)cn2)cc1.Fc1ccccc1. The summed E-state index contributed by atoms with van der Waals surface area (Å²) in [5.74, 6) is -0.0918. The lowest BCUT2D eigenvalue weighted by Gasteiger charge is -2.14. The van der Waals surface area contributed by atoms with E-state index in [1.54, 1.807) is 96.7 Å². The Morgan fingerprint density at radius 3 is 2.18 bits per heavy atom. The smallest absolute Gasteiger partial charge is 0.497 e. The summed E-state index contributed by atoms with van der Waals surface area (Å²) in [6.07, 6.45) is -1.74. The van der Waals surface area contributed by atoms with Crippen LogP contribution in [0.1, 0.15) is 16.1 Å². The van der Waals surface area contributed by atoms with E-state index in [-0.39, 0.29) is 23.0 Å². The van der Waals surface area contributed by atoms with Gasteiger partial charge in [0.15, 0.2) is 0 Å². The molecular weight excluding hydrogens is 512 g/mol. The molecule has 9 heteroatoms. The summed E-state index contributed by atoms with van der Waals surface area (Å²) in [6.45, 7) is 0. The van der Waals surface area contributed by atoms with Gasteiger partial charge >= 0.3 is 6.36 Å². The monoisotopic (exact) mass is 534 g/mol. The molecule has 1 heterocycles. The Kier molecular flexibility index (Phi) is 8.40. The number of ether oxygens (including phenoxy) is 2. The van der Waals surface area contributed by atoms with Crippen LogP contribution in [0, 0.1) is 5.82 Å². The number of para-hydroxylation sites is 1. The molecule has 0 N–H and O–H groups in total. The van der Waals surface area contributed by atoms with Gasteiger partial charge in [0.1, 0.15) is 29.3 Å². The highest BCUT2D eigenvalue weighted by Gasteiger charge is 2.32. The number of imidazole rings is 1. The zero-order chi connectivity index (χ0) is 27.8. The third kappa shape index (κ3) is 7.32. The Bertz CT molecular complexity index is 1530. The Balaban J connectivity index is 0.000000438. The summed E-state index contributed by atoms with van der Waals surface area (Å²) in [5, 5.41) is 0. The van der Waals surface area contributed by atoms with E-state index in [4.69, 9.17) is 4.74 Å². The van der Waals surface area contributed by atoms with Gasteiger partial charge in [-0.05, 0) is 60.2 Å². The van der Waals surface area contributed by atoms with Gasteiger partial charge in [0.25, 0.3) is 0 Å². The molecular formula is C30H22F4N2O3. The Labute approximate surface area is 221 Å². The van der Waals surface area contributed by atoms with Gasteiger partial charge in [-0.3, -0.25) is 4.79 Å². The van der Waals surface area contributed by atoms with Crippen molar-refractivity contribution in [2.45, 2.75) is 6.36 Å². The van der Waals surface area contributed by atoms with E-state index < -0.39 is 6.36 Å². The van der Waals surface area contributed by atoms with E-state index >= 15 is 0 Å². The van der Waals surface area contributed by atoms with Crippen molar-refractivity contribution in [2.75, 3.05) is 7.11 Å². The number of methoxy groups -OCH3 is 1. The molecule has 0 atom stereocenters. The van der Waals surface area contributed by atoms with Crippen molar-refractivity contribution in [2.24, 2.45) is 0 Å². The van der Waals surface area contributed by atoms with Crippen molar-refractivity contribution in [3.8, 4) is 28.3 Å². The molecule has 5 rings (SSSR count). The molecule has 0 aliphatic rings. The fourth-order valence-electron chi connectivity index (χ4n) is 3.64. The van der Waals surface area contributed by atoms with E-state index in [9.17, 15) is 22.4 Å². The fourth-order valence-corrected chi connectivity index (χ4v) is 3.64. The van der Waals surface area contributed by atoms with Gasteiger partial charge in [-0.2, -0.15) is 0 Å². The Morgan fingerprint density at radius 2 is 1.54 bits per heavy atom. The van der Waals surface area contributed by atoms with Gasteiger partial charge in [-0.25, -0.2) is 9.37 Å². The van der Waals surface area contributed by atoms with Crippen LogP contribution in [-0.2, 0) is 0 Å². The second kappa shape index (κ2) is 12.1. The number of ketones is 1. The van der Waals surface area contributed by atoms with Gasteiger partial charge in [0.2, 0.25) is 5.78 Å². The van der Waals surface area contributed by atoms with Crippen molar-refractivity contribution in [1.29, 1.82) is 0 Å².